The molecule has 0 aliphatic carbocycles. The van der Waals surface area contributed by atoms with Gasteiger partial charge in [0.1, 0.15) is 4.21 Å². The van der Waals surface area contributed by atoms with Gasteiger partial charge in [-0.1, -0.05) is 48.9 Å². The van der Waals surface area contributed by atoms with Gasteiger partial charge < -0.3 is 0 Å². The van der Waals surface area contributed by atoms with Crippen LogP contribution in [0.25, 0.3) is 0 Å². The van der Waals surface area contributed by atoms with E-state index < -0.39 is 10.0 Å². The highest BCUT2D eigenvalue weighted by atomic mass is 35.5. The van der Waals surface area contributed by atoms with Gasteiger partial charge in [0, 0.05) is 25.5 Å². The van der Waals surface area contributed by atoms with E-state index in [1.165, 1.54) is 9.87 Å². The molecule has 4 nitrogen and oxygen atoms in total. The Balaban J connectivity index is 1.92. The van der Waals surface area contributed by atoms with Crippen LogP contribution < -0.4 is 0 Å². The average Bonchev–Trinajstić information content (AvgIpc) is 3.10. The lowest BCUT2D eigenvalue weighted by Gasteiger charge is -2.21. The van der Waals surface area contributed by atoms with Crippen molar-refractivity contribution >= 4 is 33.0 Å². The second-order valence-corrected chi connectivity index (χ2v) is 9.74. The van der Waals surface area contributed by atoms with Crippen LogP contribution in [-0.2, 0) is 29.5 Å². The van der Waals surface area contributed by atoms with Crippen molar-refractivity contribution in [3.63, 3.8) is 0 Å². The number of rotatable bonds is 7. The number of halogens is 1. The van der Waals surface area contributed by atoms with Crippen molar-refractivity contribution in [1.29, 1.82) is 0 Å². The Morgan fingerprint density at radius 3 is 2.27 bits per heavy atom. The lowest BCUT2D eigenvalue weighted by molar-refractivity contribution is 0.402. The van der Waals surface area contributed by atoms with Crippen molar-refractivity contribution in [1.82, 2.24) is 9.29 Å². The zero-order valence-corrected chi connectivity index (χ0v) is 16.7. The molecule has 1 aromatic carbocycles. The van der Waals surface area contributed by atoms with E-state index >= 15 is 0 Å². The van der Waals surface area contributed by atoms with E-state index in [1.807, 2.05) is 30.3 Å². The molecule has 0 unspecified atom stereocenters. The molecule has 3 rings (SSSR count). The predicted molar refractivity (Wildman–Crippen MR) is 106 cm³/mol. The first-order valence-corrected chi connectivity index (χ1v) is 10.8. The van der Waals surface area contributed by atoms with Crippen LogP contribution in [0.2, 0.25) is 4.34 Å². The van der Waals surface area contributed by atoms with E-state index in [0.717, 1.165) is 28.9 Å². The SMILES string of the molecule is CCc1ccc(CN(Cc2cccnc2)S(=O)(=O)c2ccc(Cl)s2)cc1. The van der Waals surface area contributed by atoms with Gasteiger partial charge in [-0.15, -0.1) is 11.3 Å². The molecular formula is C19H19ClN2O2S2. The molecule has 0 spiro atoms. The molecule has 136 valence electrons. The Labute approximate surface area is 163 Å². The number of nitrogens with zero attached hydrogens (tertiary/aromatic N) is 2. The third-order valence-electron chi connectivity index (χ3n) is 4.01. The number of aromatic nitrogens is 1. The van der Waals surface area contributed by atoms with E-state index in [9.17, 15) is 8.42 Å². The molecular weight excluding hydrogens is 388 g/mol. The number of hydrogen-bond acceptors (Lipinski definition) is 4. The van der Waals surface area contributed by atoms with E-state index in [2.05, 4.69) is 11.9 Å². The monoisotopic (exact) mass is 406 g/mol. The van der Waals surface area contributed by atoms with Crippen molar-refractivity contribution in [3.8, 4) is 0 Å². The molecule has 2 heterocycles. The van der Waals surface area contributed by atoms with Crippen LogP contribution in [0.5, 0.6) is 0 Å². The number of pyridine rings is 1. The molecule has 0 bridgehead atoms. The second-order valence-electron chi connectivity index (χ2n) is 5.86. The highest BCUT2D eigenvalue weighted by molar-refractivity contribution is 7.91. The van der Waals surface area contributed by atoms with E-state index in [1.54, 1.807) is 30.6 Å². The normalized spacial score (nSPS) is 11.8. The van der Waals surface area contributed by atoms with Crippen molar-refractivity contribution in [2.75, 3.05) is 0 Å². The zero-order chi connectivity index (χ0) is 18.6. The molecule has 0 N–H and O–H groups in total. The van der Waals surface area contributed by atoms with Crippen LogP contribution in [-0.4, -0.2) is 17.7 Å². The maximum Gasteiger partial charge on any atom is 0.253 e. The average molecular weight is 407 g/mol. The Kier molecular flexibility index (Phi) is 6.09. The Bertz CT molecular complexity index is 955. The van der Waals surface area contributed by atoms with Crippen LogP contribution in [0.3, 0.4) is 0 Å². The Morgan fingerprint density at radius 2 is 1.69 bits per heavy atom. The van der Waals surface area contributed by atoms with Gasteiger partial charge in [-0.25, -0.2) is 8.42 Å². The lowest BCUT2D eigenvalue weighted by Crippen LogP contribution is -2.29. The van der Waals surface area contributed by atoms with Gasteiger partial charge in [-0.3, -0.25) is 4.98 Å². The van der Waals surface area contributed by atoms with E-state index in [0.29, 0.717) is 4.34 Å². The maximum absolute atomic E-state index is 13.1. The van der Waals surface area contributed by atoms with Gasteiger partial charge in [0.15, 0.2) is 0 Å². The Morgan fingerprint density at radius 1 is 1.00 bits per heavy atom. The largest absolute Gasteiger partial charge is 0.264 e. The summed E-state index contributed by atoms with van der Waals surface area (Å²) >= 11 is 7.02. The van der Waals surface area contributed by atoms with Gasteiger partial charge in [0.25, 0.3) is 10.0 Å². The smallest absolute Gasteiger partial charge is 0.253 e. The van der Waals surface area contributed by atoms with Crippen molar-refractivity contribution in [2.24, 2.45) is 0 Å². The molecule has 3 aromatic rings. The van der Waals surface area contributed by atoms with Gasteiger partial charge in [0.05, 0.1) is 4.34 Å². The summed E-state index contributed by atoms with van der Waals surface area (Å²) in [4.78, 5) is 4.09. The minimum Gasteiger partial charge on any atom is -0.264 e. The van der Waals surface area contributed by atoms with Crippen LogP contribution in [0.4, 0.5) is 0 Å². The quantitative estimate of drug-likeness (QED) is 0.568. The first-order chi connectivity index (χ1) is 12.5. The molecule has 26 heavy (non-hydrogen) atoms. The number of benzene rings is 1. The topological polar surface area (TPSA) is 50.3 Å². The highest BCUT2D eigenvalue weighted by Gasteiger charge is 2.26. The number of thiophene rings is 1. The molecule has 0 aliphatic heterocycles. The molecule has 0 amide bonds. The first kappa shape index (κ1) is 19.0. The summed E-state index contributed by atoms with van der Waals surface area (Å²) in [5.74, 6) is 0. The van der Waals surface area contributed by atoms with Gasteiger partial charge in [0.2, 0.25) is 0 Å². The van der Waals surface area contributed by atoms with Crippen LogP contribution in [0.1, 0.15) is 23.6 Å². The predicted octanol–water partition coefficient (Wildman–Crippen LogP) is 4.75. The standard InChI is InChI=1S/C19H19ClN2O2S2/c1-2-15-5-7-16(8-6-15)13-22(14-17-4-3-11-21-12-17)26(23,24)19-10-9-18(20)25-19/h3-12H,2,13-14H2,1H3. The molecule has 0 fully saturated rings. The van der Waals surface area contributed by atoms with Crippen molar-refractivity contribution in [2.45, 2.75) is 30.6 Å². The summed E-state index contributed by atoms with van der Waals surface area (Å²) in [6, 6.07) is 14.9. The first-order valence-electron chi connectivity index (χ1n) is 8.21. The van der Waals surface area contributed by atoms with Gasteiger partial charge in [-0.2, -0.15) is 4.31 Å². The fraction of sp³-hybridized carbons (Fsp3) is 0.211. The maximum atomic E-state index is 13.1. The molecule has 7 heteroatoms. The number of hydrogen-bond donors (Lipinski definition) is 0. The molecule has 0 atom stereocenters. The highest BCUT2D eigenvalue weighted by Crippen LogP contribution is 2.29. The molecule has 0 saturated carbocycles. The van der Waals surface area contributed by atoms with E-state index in [4.69, 9.17) is 11.6 Å². The van der Waals surface area contributed by atoms with E-state index in [-0.39, 0.29) is 17.3 Å². The Hall–Kier alpha value is -1.73. The van der Waals surface area contributed by atoms with Crippen molar-refractivity contribution < 1.29 is 8.42 Å². The van der Waals surface area contributed by atoms with Crippen molar-refractivity contribution in [3.05, 3.63) is 82.0 Å². The summed E-state index contributed by atoms with van der Waals surface area (Å²) in [5, 5.41) is 0. The fourth-order valence-electron chi connectivity index (χ4n) is 2.57. The fourth-order valence-corrected chi connectivity index (χ4v) is 5.62. The molecule has 0 radical (unpaired) electrons. The molecule has 2 aromatic heterocycles. The number of aryl methyl sites for hydroxylation is 1. The summed E-state index contributed by atoms with van der Waals surface area (Å²) in [7, 11) is -3.65. The van der Waals surface area contributed by atoms with Gasteiger partial charge in [-0.05, 0) is 41.3 Å². The second kappa shape index (κ2) is 8.31. The molecule has 0 saturated heterocycles. The summed E-state index contributed by atoms with van der Waals surface area (Å²) in [6.07, 6.45) is 4.31. The zero-order valence-electron chi connectivity index (χ0n) is 14.3. The third-order valence-corrected chi connectivity index (χ3v) is 7.50. The summed E-state index contributed by atoms with van der Waals surface area (Å²) in [5.41, 5.74) is 3.00. The molecule has 0 aliphatic rings. The minimum atomic E-state index is -3.65. The number of sulfonamides is 1. The van der Waals surface area contributed by atoms with Crippen LogP contribution in [0.15, 0.2) is 65.1 Å². The van der Waals surface area contributed by atoms with Gasteiger partial charge >= 0.3 is 0 Å². The minimum absolute atomic E-state index is 0.247. The third kappa shape index (κ3) is 4.51. The van der Waals surface area contributed by atoms with Crippen LogP contribution in [0, 0.1) is 0 Å². The lowest BCUT2D eigenvalue weighted by atomic mass is 10.1. The summed E-state index contributed by atoms with van der Waals surface area (Å²) < 4.78 is 28.4. The summed E-state index contributed by atoms with van der Waals surface area (Å²) in [6.45, 7) is 2.63. The van der Waals surface area contributed by atoms with Crippen LogP contribution >= 0.6 is 22.9 Å².